The lowest BCUT2D eigenvalue weighted by Gasteiger charge is -2.30. The highest BCUT2D eigenvalue weighted by Gasteiger charge is 2.27. The summed E-state index contributed by atoms with van der Waals surface area (Å²) in [7, 11) is 0. The molecule has 0 bridgehead atoms. The molecular formula is C15H22ClNO2. The van der Waals surface area contributed by atoms with Crippen LogP contribution in [0, 0.1) is 0 Å². The van der Waals surface area contributed by atoms with Gasteiger partial charge < -0.3 is 10.1 Å². The first-order chi connectivity index (χ1) is 9.10. The smallest absolute Gasteiger partial charge is 0.251 e. The van der Waals surface area contributed by atoms with Crippen molar-refractivity contribution in [2.75, 3.05) is 12.5 Å². The topological polar surface area (TPSA) is 38.3 Å². The van der Waals surface area contributed by atoms with Crippen molar-refractivity contribution in [2.24, 2.45) is 0 Å². The van der Waals surface area contributed by atoms with Gasteiger partial charge in [0, 0.05) is 11.4 Å². The third kappa shape index (κ3) is 4.13. The molecule has 0 heterocycles. The maximum Gasteiger partial charge on any atom is 0.251 e. The van der Waals surface area contributed by atoms with Gasteiger partial charge in [0.25, 0.3) is 5.91 Å². The number of benzene rings is 1. The zero-order valence-electron chi connectivity index (χ0n) is 11.8. The molecular weight excluding hydrogens is 262 g/mol. The molecule has 1 N–H and O–H groups in total. The lowest BCUT2D eigenvalue weighted by atomic mass is 9.94. The molecule has 1 aromatic rings. The summed E-state index contributed by atoms with van der Waals surface area (Å²) in [6.45, 7) is 6.61. The number of carbonyl (C=O) groups excluding carboxylic acids is 1. The molecule has 1 amide bonds. The summed E-state index contributed by atoms with van der Waals surface area (Å²) in [5.74, 6) is 1.10. The summed E-state index contributed by atoms with van der Waals surface area (Å²) in [6, 6.07) is 7.15. The van der Waals surface area contributed by atoms with Gasteiger partial charge in [-0.3, -0.25) is 4.79 Å². The van der Waals surface area contributed by atoms with Crippen LogP contribution in [-0.2, 0) is 0 Å². The largest absolute Gasteiger partial charge is 0.494 e. The standard InChI is InChI=1S/C15H22ClNO2/c1-4-15(5-2,11-16)17-14(18)12-7-9-13(10-8-12)19-6-3/h7-10H,4-6,11H2,1-3H3,(H,17,18). The van der Waals surface area contributed by atoms with E-state index in [-0.39, 0.29) is 11.4 Å². The van der Waals surface area contributed by atoms with E-state index in [2.05, 4.69) is 5.32 Å². The SMILES string of the molecule is CCOc1ccc(C(=O)NC(CC)(CC)CCl)cc1. The van der Waals surface area contributed by atoms with Gasteiger partial charge in [0.05, 0.1) is 12.1 Å². The Hall–Kier alpha value is -1.22. The molecule has 3 nitrogen and oxygen atoms in total. The van der Waals surface area contributed by atoms with Crippen molar-refractivity contribution in [3.8, 4) is 5.75 Å². The van der Waals surface area contributed by atoms with E-state index in [9.17, 15) is 4.79 Å². The van der Waals surface area contributed by atoms with Crippen LogP contribution in [0.15, 0.2) is 24.3 Å². The molecule has 1 rings (SSSR count). The minimum atomic E-state index is -0.322. The van der Waals surface area contributed by atoms with E-state index in [1.807, 2.05) is 20.8 Å². The molecule has 0 saturated heterocycles. The fourth-order valence-corrected chi connectivity index (χ4v) is 2.28. The van der Waals surface area contributed by atoms with Crippen LogP contribution < -0.4 is 10.1 Å². The van der Waals surface area contributed by atoms with Gasteiger partial charge in [-0.05, 0) is 44.0 Å². The second-order valence-electron chi connectivity index (χ2n) is 4.53. The molecule has 0 aliphatic heterocycles. The predicted molar refractivity (Wildman–Crippen MR) is 79.1 cm³/mol. The van der Waals surface area contributed by atoms with E-state index in [1.165, 1.54) is 0 Å². The zero-order valence-corrected chi connectivity index (χ0v) is 12.6. The Labute approximate surface area is 120 Å². The number of hydrogen-bond donors (Lipinski definition) is 1. The Bertz CT molecular complexity index is 391. The first-order valence-electron chi connectivity index (χ1n) is 6.72. The molecule has 0 spiro atoms. The average molecular weight is 284 g/mol. The van der Waals surface area contributed by atoms with Crippen LogP contribution in [0.5, 0.6) is 5.75 Å². The Balaban J connectivity index is 2.77. The molecule has 0 atom stereocenters. The van der Waals surface area contributed by atoms with E-state index >= 15 is 0 Å². The fourth-order valence-electron chi connectivity index (χ4n) is 1.83. The third-order valence-electron chi connectivity index (χ3n) is 3.42. The number of rotatable bonds is 7. The van der Waals surface area contributed by atoms with E-state index in [0.29, 0.717) is 18.1 Å². The van der Waals surface area contributed by atoms with Gasteiger partial charge in [0.15, 0.2) is 0 Å². The highest BCUT2D eigenvalue weighted by Crippen LogP contribution is 2.19. The first kappa shape index (κ1) is 15.8. The Morgan fingerprint density at radius 3 is 2.21 bits per heavy atom. The number of amides is 1. The predicted octanol–water partition coefficient (Wildman–Crippen LogP) is 3.61. The Morgan fingerprint density at radius 2 is 1.79 bits per heavy atom. The lowest BCUT2D eigenvalue weighted by molar-refractivity contribution is 0.0902. The number of carbonyl (C=O) groups is 1. The summed E-state index contributed by atoms with van der Waals surface area (Å²) in [6.07, 6.45) is 1.63. The van der Waals surface area contributed by atoms with Gasteiger partial charge in [-0.2, -0.15) is 0 Å². The maximum atomic E-state index is 12.2. The van der Waals surface area contributed by atoms with Crippen molar-refractivity contribution >= 4 is 17.5 Å². The summed E-state index contributed by atoms with van der Waals surface area (Å²) < 4.78 is 5.35. The molecule has 0 radical (unpaired) electrons. The third-order valence-corrected chi connectivity index (χ3v) is 3.93. The zero-order chi connectivity index (χ0) is 14.3. The molecule has 0 saturated carbocycles. The molecule has 0 aliphatic carbocycles. The van der Waals surface area contributed by atoms with Gasteiger partial charge in [-0.1, -0.05) is 13.8 Å². The molecule has 0 aromatic heterocycles. The number of hydrogen-bond acceptors (Lipinski definition) is 2. The highest BCUT2D eigenvalue weighted by atomic mass is 35.5. The van der Waals surface area contributed by atoms with Crippen LogP contribution in [0.1, 0.15) is 44.0 Å². The van der Waals surface area contributed by atoms with Gasteiger partial charge in [0.1, 0.15) is 5.75 Å². The summed E-state index contributed by atoms with van der Waals surface area (Å²) >= 11 is 5.99. The van der Waals surface area contributed by atoms with Crippen LogP contribution in [0.25, 0.3) is 0 Å². The summed E-state index contributed by atoms with van der Waals surface area (Å²) in [5, 5.41) is 3.04. The number of ether oxygens (including phenoxy) is 1. The van der Waals surface area contributed by atoms with Gasteiger partial charge in [0.2, 0.25) is 0 Å². The summed E-state index contributed by atoms with van der Waals surface area (Å²) in [4.78, 5) is 12.2. The van der Waals surface area contributed by atoms with Crippen LogP contribution in [0.3, 0.4) is 0 Å². The molecule has 4 heteroatoms. The highest BCUT2D eigenvalue weighted by molar-refractivity contribution is 6.18. The first-order valence-corrected chi connectivity index (χ1v) is 7.25. The molecule has 106 valence electrons. The number of halogens is 1. The monoisotopic (exact) mass is 283 g/mol. The van der Waals surface area contributed by atoms with E-state index < -0.39 is 0 Å². The molecule has 0 unspecified atom stereocenters. The van der Waals surface area contributed by atoms with E-state index in [1.54, 1.807) is 24.3 Å². The lowest BCUT2D eigenvalue weighted by Crippen LogP contribution is -2.49. The maximum absolute atomic E-state index is 12.2. The Morgan fingerprint density at radius 1 is 1.21 bits per heavy atom. The normalized spacial score (nSPS) is 11.2. The van der Waals surface area contributed by atoms with Crippen LogP contribution >= 0.6 is 11.6 Å². The van der Waals surface area contributed by atoms with Crippen molar-refractivity contribution in [1.82, 2.24) is 5.32 Å². The quantitative estimate of drug-likeness (QED) is 0.776. The Kier molecular flexibility index (Phi) is 6.16. The minimum Gasteiger partial charge on any atom is -0.494 e. The second kappa shape index (κ2) is 7.39. The number of nitrogens with one attached hydrogen (secondary N) is 1. The number of alkyl halides is 1. The summed E-state index contributed by atoms with van der Waals surface area (Å²) in [5.41, 5.74) is 0.303. The van der Waals surface area contributed by atoms with E-state index in [0.717, 1.165) is 18.6 Å². The van der Waals surface area contributed by atoms with Gasteiger partial charge >= 0.3 is 0 Å². The van der Waals surface area contributed by atoms with E-state index in [4.69, 9.17) is 16.3 Å². The van der Waals surface area contributed by atoms with Crippen molar-refractivity contribution in [1.29, 1.82) is 0 Å². The van der Waals surface area contributed by atoms with Gasteiger partial charge in [-0.15, -0.1) is 11.6 Å². The van der Waals surface area contributed by atoms with Crippen LogP contribution in [0.2, 0.25) is 0 Å². The van der Waals surface area contributed by atoms with Crippen molar-refractivity contribution < 1.29 is 9.53 Å². The molecule has 0 aliphatic rings. The van der Waals surface area contributed by atoms with Crippen molar-refractivity contribution in [2.45, 2.75) is 39.2 Å². The fraction of sp³-hybridized carbons (Fsp3) is 0.533. The average Bonchev–Trinajstić information content (AvgIpc) is 2.46. The minimum absolute atomic E-state index is 0.0904. The second-order valence-corrected chi connectivity index (χ2v) is 4.80. The molecule has 0 fully saturated rings. The molecule has 1 aromatic carbocycles. The van der Waals surface area contributed by atoms with Crippen molar-refractivity contribution in [3.63, 3.8) is 0 Å². The van der Waals surface area contributed by atoms with Crippen LogP contribution in [-0.4, -0.2) is 23.9 Å². The van der Waals surface area contributed by atoms with Gasteiger partial charge in [-0.25, -0.2) is 0 Å². The molecule has 19 heavy (non-hydrogen) atoms. The van der Waals surface area contributed by atoms with Crippen molar-refractivity contribution in [3.05, 3.63) is 29.8 Å². The van der Waals surface area contributed by atoms with Crippen LogP contribution in [0.4, 0.5) is 0 Å².